The fraction of sp³-hybridized carbons (Fsp3) is 0.368. The average Bonchev–Trinajstić information content (AvgIpc) is 2.47. The van der Waals surface area contributed by atoms with Crippen LogP contribution < -0.4 is 4.74 Å². The van der Waals surface area contributed by atoms with Crippen LogP contribution in [0.25, 0.3) is 0 Å². The molecule has 0 aliphatic heterocycles. The molecule has 1 atom stereocenters. The van der Waals surface area contributed by atoms with E-state index < -0.39 is 0 Å². The predicted molar refractivity (Wildman–Crippen MR) is 93.5 cm³/mol. The van der Waals surface area contributed by atoms with E-state index in [0.29, 0.717) is 4.83 Å². The van der Waals surface area contributed by atoms with Crippen LogP contribution in [0.2, 0.25) is 0 Å². The molecule has 0 fully saturated rings. The van der Waals surface area contributed by atoms with Gasteiger partial charge >= 0.3 is 0 Å². The molecule has 1 unspecified atom stereocenters. The van der Waals surface area contributed by atoms with Crippen molar-refractivity contribution in [2.24, 2.45) is 0 Å². The van der Waals surface area contributed by atoms with Crippen molar-refractivity contribution in [3.8, 4) is 5.75 Å². The van der Waals surface area contributed by atoms with Gasteiger partial charge in [0.25, 0.3) is 0 Å². The highest BCUT2D eigenvalue weighted by Crippen LogP contribution is 2.35. The quantitative estimate of drug-likeness (QED) is 0.648. The van der Waals surface area contributed by atoms with Gasteiger partial charge in [-0.25, -0.2) is 0 Å². The van der Waals surface area contributed by atoms with Crippen LogP contribution in [-0.2, 0) is 11.8 Å². The maximum atomic E-state index is 5.21. The number of halogens is 1. The Kier molecular flexibility index (Phi) is 5.10. The first kappa shape index (κ1) is 16.1. The van der Waals surface area contributed by atoms with Crippen molar-refractivity contribution < 1.29 is 4.74 Å². The van der Waals surface area contributed by atoms with Crippen LogP contribution in [0, 0.1) is 0 Å². The Morgan fingerprint density at radius 2 is 1.62 bits per heavy atom. The molecule has 0 aliphatic rings. The summed E-state index contributed by atoms with van der Waals surface area (Å²) in [6.07, 6.45) is 0.969. The van der Waals surface area contributed by atoms with Crippen molar-refractivity contribution in [2.45, 2.75) is 37.4 Å². The normalized spacial score (nSPS) is 13.0. The van der Waals surface area contributed by atoms with Crippen molar-refractivity contribution in [2.75, 3.05) is 7.11 Å². The van der Waals surface area contributed by atoms with Crippen molar-refractivity contribution in [3.63, 3.8) is 0 Å². The molecule has 0 saturated carbocycles. The minimum absolute atomic E-state index is 0.155. The van der Waals surface area contributed by atoms with E-state index in [1.807, 2.05) is 12.1 Å². The van der Waals surface area contributed by atoms with Gasteiger partial charge in [-0.05, 0) is 40.7 Å². The first-order chi connectivity index (χ1) is 9.91. The fourth-order valence-corrected chi connectivity index (χ4v) is 3.30. The topological polar surface area (TPSA) is 9.23 Å². The van der Waals surface area contributed by atoms with Crippen LogP contribution in [0.1, 0.15) is 42.3 Å². The zero-order valence-electron chi connectivity index (χ0n) is 13.2. The van der Waals surface area contributed by atoms with Crippen LogP contribution in [0.15, 0.2) is 48.5 Å². The maximum Gasteiger partial charge on any atom is 0.118 e. The first-order valence-electron chi connectivity index (χ1n) is 7.28. The summed E-state index contributed by atoms with van der Waals surface area (Å²) in [6, 6.07) is 17.0. The van der Waals surface area contributed by atoms with Gasteiger partial charge in [-0.3, -0.25) is 0 Å². The number of hydrogen-bond donors (Lipinski definition) is 0. The summed E-state index contributed by atoms with van der Waals surface area (Å²) < 4.78 is 5.21. The van der Waals surface area contributed by atoms with Gasteiger partial charge in [0.15, 0.2) is 0 Å². The third-order valence-corrected chi connectivity index (χ3v) is 4.50. The molecule has 0 N–H and O–H groups in total. The second-order valence-corrected chi connectivity index (χ2v) is 7.46. The predicted octanol–water partition coefficient (Wildman–Crippen LogP) is 5.67. The summed E-state index contributed by atoms with van der Waals surface area (Å²) >= 11 is 3.87. The zero-order valence-corrected chi connectivity index (χ0v) is 14.8. The molecule has 0 bridgehead atoms. The summed E-state index contributed by atoms with van der Waals surface area (Å²) in [5.74, 6) is 0.903. The Bertz CT molecular complexity index is 581. The summed E-state index contributed by atoms with van der Waals surface area (Å²) in [7, 11) is 1.70. The Balaban J connectivity index is 2.22. The number of benzene rings is 2. The Morgan fingerprint density at radius 1 is 1.00 bits per heavy atom. The van der Waals surface area contributed by atoms with E-state index in [1.165, 1.54) is 16.7 Å². The lowest BCUT2D eigenvalue weighted by Crippen LogP contribution is -2.15. The standard InChI is InChI=1S/C19H23BrO/c1-19(2,3)17-8-6-5-7-16(17)18(20)13-14-9-11-15(21-4)12-10-14/h5-12,18H,13H2,1-4H3. The second-order valence-electron chi connectivity index (χ2n) is 6.36. The number of alkyl halides is 1. The van der Waals surface area contributed by atoms with Gasteiger partial charge in [-0.1, -0.05) is 73.1 Å². The summed E-state index contributed by atoms with van der Waals surface area (Å²) in [5, 5.41) is 0. The molecule has 0 amide bonds. The zero-order chi connectivity index (χ0) is 15.5. The summed E-state index contributed by atoms with van der Waals surface area (Å²) in [6.45, 7) is 6.79. The fourth-order valence-electron chi connectivity index (χ4n) is 2.53. The lowest BCUT2D eigenvalue weighted by Gasteiger charge is -2.25. The molecule has 0 saturated heterocycles. The van der Waals surface area contributed by atoms with Crippen LogP contribution >= 0.6 is 15.9 Å². The van der Waals surface area contributed by atoms with Crippen LogP contribution in [-0.4, -0.2) is 7.11 Å². The van der Waals surface area contributed by atoms with Gasteiger partial charge < -0.3 is 4.74 Å². The average molecular weight is 347 g/mol. The Labute approximate surface area is 136 Å². The van der Waals surface area contributed by atoms with Crippen molar-refractivity contribution in [1.29, 1.82) is 0 Å². The number of ether oxygens (including phenoxy) is 1. The van der Waals surface area contributed by atoms with E-state index in [1.54, 1.807) is 7.11 Å². The Hall–Kier alpha value is -1.28. The van der Waals surface area contributed by atoms with Crippen molar-refractivity contribution >= 4 is 15.9 Å². The smallest absolute Gasteiger partial charge is 0.118 e. The molecule has 1 nitrogen and oxygen atoms in total. The lowest BCUT2D eigenvalue weighted by molar-refractivity contribution is 0.414. The molecule has 2 aromatic rings. The highest BCUT2D eigenvalue weighted by molar-refractivity contribution is 9.09. The molecule has 0 aliphatic carbocycles. The van der Waals surface area contributed by atoms with E-state index in [-0.39, 0.29) is 5.41 Å². The highest BCUT2D eigenvalue weighted by Gasteiger charge is 2.21. The molecular weight excluding hydrogens is 324 g/mol. The largest absolute Gasteiger partial charge is 0.497 e. The lowest BCUT2D eigenvalue weighted by atomic mass is 9.82. The third kappa shape index (κ3) is 4.10. The SMILES string of the molecule is COc1ccc(CC(Br)c2ccccc2C(C)(C)C)cc1. The molecule has 0 radical (unpaired) electrons. The van der Waals surface area contributed by atoms with Crippen molar-refractivity contribution in [3.05, 3.63) is 65.2 Å². The maximum absolute atomic E-state index is 5.21. The molecule has 0 spiro atoms. The van der Waals surface area contributed by atoms with E-state index in [4.69, 9.17) is 4.74 Å². The minimum Gasteiger partial charge on any atom is -0.497 e. The van der Waals surface area contributed by atoms with Crippen LogP contribution in [0.3, 0.4) is 0 Å². The van der Waals surface area contributed by atoms with Crippen molar-refractivity contribution in [1.82, 2.24) is 0 Å². The molecule has 2 heteroatoms. The van der Waals surface area contributed by atoms with E-state index in [2.05, 4.69) is 73.1 Å². The molecular formula is C19H23BrO. The van der Waals surface area contributed by atoms with Gasteiger partial charge in [-0.2, -0.15) is 0 Å². The van der Waals surface area contributed by atoms with Crippen LogP contribution in [0.5, 0.6) is 5.75 Å². The van der Waals surface area contributed by atoms with Gasteiger partial charge in [0, 0.05) is 4.83 Å². The Morgan fingerprint density at radius 3 is 2.19 bits per heavy atom. The van der Waals surface area contributed by atoms with Gasteiger partial charge in [0.2, 0.25) is 0 Å². The van der Waals surface area contributed by atoms with Gasteiger partial charge in [-0.15, -0.1) is 0 Å². The second kappa shape index (κ2) is 6.65. The van der Waals surface area contributed by atoms with Crippen LogP contribution in [0.4, 0.5) is 0 Å². The van der Waals surface area contributed by atoms with Gasteiger partial charge in [0.05, 0.1) is 7.11 Å². The molecule has 112 valence electrons. The molecule has 2 rings (SSSR count). The number of hydrogen-bond acceptors (Lipinski definition) is 1. The minimum atomic E-state index is 0.155. The molecule has 0 heterocycles. The van der Waals surface area contributed by atoms with E-state index in [9.17, 15) is 0 Å². The third-order valence-electron chi connectivity index (χ3n) is 3.68. The molecule has 0 aromatic heterocycles. The summed E-state index contributed by atoms with van der Waals surface area (Å²) in [4.78, 5) is 0.321. The van der Waals surface area contributed by atoms with Gasteiger partial charge in [0.1, 0.15) is 5.75 Å². The summed E-state index contributed by atoms with van der Waals surface area (Å²) in [5.41, 5.74) is 4.24. The monoisotopic (exact) mass is 346 g/mol. The molecule has 2 aromatic carbocycles. The molecule has 21 heavy (non-hydrogen) atoms. The number of rotatable bonds is 4. The van der Waals surface area contributed by atoms with E-state index in [0.717, 1.165) is 12.2 Å². The highest BCUT2D eigenvalue weighted by atomic mass is 79.9. The van der Waals surface area contributed by atoms with E-state index >= 15 is 0 Å². The number of methoxy groups -OCH3 is 1. The first-order valence-corrected chi connectivity index (χ1v) is 8.20.